The molecule has 0 unspecified atom stereocenters. The summed E-state index contributed by atoms with van der Waals surface area (Å²) in [6.45, 7) is 0. The molecule has 0 radical (unpaired) electrons. The monoisotopic (exact) mass is 373 g/mol. The van der Waals surface area contributed by atoms with Gasteiger partial charge in [0.2, 0.25) is 5.96 Å². The highest BCUT2D eigenvalue weighted by molar-refractivity contribution is 7.98. The molecule has 3 nitrogen and oxygen atoms in total. The summed E-state index contributed by atoms with van der Waals surface area (Å²) < 4.78 is 38.4. The number of hydrogen-bond donors (Lipinski definition) is 1. The van der Waals surface area contributed by atoms with Crippen molar-refractivity contribution in [2.75, 3.05) is 18.2 Å². The Labute approximate surface area is 147 Å². The second-order valence-electron chi connectivity index (χ2n) is 4.89. The minimum atomic E-state index is -4.42. The van der Waals surface area contributed by atoms with Gasteiger partial charge in [0.25, 0.3) is 0 Å². The van der Waals surface area contributed by atoms with Gasteiger partial charge in [-0.05, 0) is 42.7 Å². The number of thioether (sulfide) groups is 1. The van der Waals surface area contributed by atoms with Crippen molar-refractivity contribution in [1.82, 2.24) is 0 Å². The second kappa shape index (κ2) is 7.36. The minimum Gasteiger partial charge on any atom is -0.369 e. The molecule has 0 spiro atoms. The Bertz CT molecular complexity index is 762. The van der Waals surface area contributed by atoms with Crippen LogP contribution in [0.3, 0.4) is 0 Å². The van der Waals surface area contributed by atoms with Gasteiger partial charge >= 0.3 is 6.18 Å². The van der Waals surface area contributed by atoms with Gasteiger partial charge in [-0.15, -0.1) is 11.8 Å². The maximum atomic E-state index is 12.8. The molecule has 8 heteroatoms. The van der Waals surface area contributed by atoms with E-state index in [1.54, 1.807) is 19.2 Å². The molecule has 0 fully saturated rings. The third-order valence-corrected chi connectivity index (χ3v) is 4.34. The molecule has 0 aromatic heterocycles. The quantitative estimate of drug-likeness (QED) is 0.459. The van der Waals surface area contributed by atoms with Crippen LogP contribution < -0.4 is 10.6 Å². The molecule has 0 amide bonds. The van der Waals surface area contributed by atoms with Crippen LogP contribution in [-0.4, -0.2) is 19.3 Å². The summed E-state index contributed by atoms with van der Waals surface area (Å²) in [7, 11) is 1.54. The van der Waals surface area contributed by atoms with E-state index in [0.29, 0.717) is 10.7 Å². The van der Waals surface area contributed by atoms with Gasteiger partial charge in [0, 0.05) is 17.6 Å². The Hall–Kier alpha value is -1.86. The molecule has 0 aliphatic rings. The van der Waals surface area contributed by atoms with Crippen LogP contribution in [0.2, 0.25) is 5.02 Å². The van der Waals surface area contributed by atoms with E-state index in [1.807, 2.05) is 12.3 Å². The largest absolute Gasteiger partial charge is 0.416 e. The van der Waals surface area contributed by atoms with Crippen molar-refractivity contribution in [2.45, 2.75) is 11.1 Å². The Balaban J connectivity index is 2.34. The molecule has 0 aliphatic carbocycles. The molecule has 0 saturated carbocycles. The molecule has 128 valence electrons. The zero-order chi connectivity index (χ0) is 17.9. The maximum absolute atomic E-state index is 12.8. The molecule has 0 saturated heterocycles. The van der Waals surface area contributed by atoms with E-state index in [-0.39, 0.29) is 11.6 Å². The number of guanidine groups is 1. The van der Waals surface area contributed by atoms with E-state index in [0.717, 1.165) is 17.0 Å². The lowest BCUT2D eigenvalue weighted by Gasteiger charge is -2.19. The first-order valence-electron chi connectivity index (χ1n) is 6.81. The fourth-order valence-corrected chi connectivity index (χ4v) is 2.52. The van der Waals surface area contributed by atoms with Crippen molar-refractivity contribution in [2.24, 2.45) is 10.7 Å². The smallest absolute Gasteiger partial charge is 0.369 e. The van der Waals surface area contributed by atoms with Gasteiger partial charge in [-0.25, -0.2) is 4.99 Å². The number of hydrogen-bond acceptors (Lipinski definition) is 2. The lowest BCUT2D eigenvalue weighted by atomic mass is 10.2. The third-order valence-electron chi connectivity index (χ3n) is 3.29. The van der Waals surface area contributed by atoms with Crippen molar-refractivity contribution in [3.8, 4) is 0 Å². The molecule has 0 aliphatic heterocycles. The average Bonchev–Trinajstić information content (AvgIpc) is 2.55. The lowest BCUT2D eigenvalue weighted by Crippen LogP contribution is -2.33. The van der Waals surface area contributed by atoms with Crippen molar-refractivity contribution in [3.63, 3.8) is 0 Å². The molecular formula is C16H15ClF3N3S. The van der Waals surface area contributed by atoms with Gasteiger partial charge in [-0.3, -0.25) is 0 Å². The summed E-state index contributed by atoms with van der Waals surface area (Å²) in [4.78, 5) is 6.55. The number of nitrogens with zero attached hydrogens (tertiary/aromatic N) is 2. The van der Waals surface area contributed by atoms with Gasteiger partial charge in [0.1, 0.15) is 0 Å². The van der Waals surface area contributed by atoms with Crippen LogP contribution in [0, 0.1) is 0 Å². The van der Waals surface area contributed by atoms with Crippen molar-refractivity contribution in [1.29, 1.82) is 0 Å². The number of aliphatic imine (C=N–C) groups is 1. The number of nitrogens with two attached hydrogens (primary N) is 1. The molecular weight excluding hydrogens is 359 g/mol. The van der Waals surface area contributed by atoms with Crippen LogP contribution in [0.15, 0.2) is 52.4 Å². The van der Waals surface area contributed by atoms with Crippen molar-refractivity contribution < 1.29 is 13.2 Å². The van der Waals surface area contributed by atoms with E-state index in [9.17, 15) is 13.2 Å². The second-order valence-corrected chi connectivity index (χ2v) is 6.18. The number of benzene rings is 2. The summed E-state index contributed by atoms with van der Waals surface area (Å²) in [5.74, 6) is 0.0366. The molecule has 0 bridgehead atoms. The molecule has 2 aromatic carbocycles. The van der Waals surface area contributed by atoms with Crippen molar-refractivity contribution >= 4 is 40.7 Å². The standard InChI is InChI=1S/C16H15ClF3N3S/c1-23(11-5-3-4-10(8-11)16(18,19)20)15(21)22-14-9-12(24-2)6-7-13(14)17/h3-9H,1-2H3,(H2,21,22). The van der Waals surface area contributed by atoms with Gasteiger partial charge < -0.3 is 10.6 Å². The van der Waals surface area contributed by atoms with Gasteiger partial charge in [0.15, 0.2) is 0 Å². The number of anilines is 1. The zero-order valence-electron chi connectivity index (χ0n) is 12.9. The third kappa shape index (κ3) is 4.36. The van der Waals surface area contributed by atoms with Crippen molar-refractivity contribution in [3.05, 3.63) is 53.1 Å². The summed E-state index contributed by atoms with van der Waals surface area (Å²) >= 11 is 7.61. The van der Waals surface area contributed by atoms with E-state index in [1.165, 1.54) is 28.8 Å². The summed E-state index contributed by atoms with van der Waals surface area (Å²) in [5, 5.41) is 0.410. The maximum Gasteiger partial charge on any atom is 0.416 e. The highest BCUT2D eigenvalue weighted by Crippen LogP contribution is 2.32. The zero-order valence-corrected chi connectivity index (χ0v) is 14.5. The summed E-state index contributed by atoms with van der Waals surface area (Å²) in [6.07, 6.45) is -2.51. The number of alkyl halides is 3. The predicted octanol–water partition coefficient (Wildman–Crippen LogP) is 5.16. The molecule has 24 heavy (non-hydrogen) atoms. The highest BCUT2D eigenvalue weighted by Gasteiger charge is 2.30. The summed E-state index contributed by atoms with van der Waals surface area (Å²) in [5.41, 5.74) is 5.92. The van der Waals surface area contributed by atoms with E-state index >= 15 is 0 Å². The van der Waals surface area contributed by atoms with Crippen LogP contribution in [0.5, 0.6) is 0 Å². The Morgan fingerprint density at radius 1 is 1.21 bits per heavy atom. The molecule has 0 heterocycles. The molecule has 2 N–H and O–H groups in total. The Morgan fingerprint density at radius 3 is 2.54 bits per heavy atom. The first kappa shape index (κ1) is 18.5. The van der Waals surface area contributed by atoms with Crippen LogP contribution >= 0.6 is 23.4 Å². The van der Waals surface area contributed by atoms with Crippen LogP contribution in [0.25, 0.3) is 0 Å². The van der Waals surface area contributed by atoms with Crippen LogP contribution in [0.4, 0.5) is 24.5 Å². The molecule has 0 atom stereocenters. The van der Waals surface area contributed by atoms with Gasteiger partial charge in [-0.1, -0.05) is 17.7 Å². The minimum absolute atomic E-state index is 0.0366. The van der Waals surface area contributed by atoms with Gasteiger partial charge in [-0.2, -0.15) is 13.2 Å². The van der Waals surface area contributed by atoms with Gasteiger partial charge in [0.05, 0.1) is 16.3 Å². The first-order chi connectivity index (χ1) is 11.2. The SMILES string of the molecule is CSc1ccc(Cl)c(N=C(N)N(C)c2cccc(C(F)(F)F)c2)c1. The van der Waals surface area contributed by atoms with E-state index in [2.05, 4.69) is 4.99 Å². The Morgan fingerprint density at radius 2 is 1.92 bits per heavy atom. The van der Waals surface area contributed by atoms with Crippen LogP contribution in [-0.2, 0) is 6.18 Å². The van der Waals surface area contributed by atoms with E-state index < -0.39 is 11.7 Å². The average molecular weight is 374 g/mol. The fraction of sp³-hybridized carbons (Fsp3) is 0.188. The number of rotatable bonds is 3. The normalized spacial score (nSPS) is 12.3. The van der Waals surface area contributed by atoms with Crippen LogP contribution in [0.1, 0.15) is 5.56 Å². The topological polar surface area (TPSA) is 41.6 Å². The first-order valence-corrected chi connectivity index (χ1v) is 8.41. The summed E-state index contributed by atoms with van der Waals surface area (Å²) in [6, 6.07) is 10.2. The molecule has 2 aromatic rings. The van der Waals surface area contributed by atoms with E-state index in [4.69, 9.17) is 17.3 Å². The fourth-order valence-electron chi connectivity index (χ4n) is 1.93. The predicted molar refractivity (Wildman–Crippen MR) is 94.4 cm³/mol. The lowest BCUT2D eigenvalue weighted by molar-refractivity contribution is -0.137. The highest BCUT2D eigenvalue weighted by atomic mass is 35.5. The molecule has 2 rings (SSSR count). The Kier molecular flexibility index (Phi) is 5.66. The number of halogens is 4.